The van der Waals surface area contributed by atoms with E-state index >= 15 is 0 Å². The van der Waals surface area contributed by atoms with Crippen LogP contribution in [-0.2, 0) is 9.47 Å². The van der Waals surface area contributed by atoms with Gasteiger partial charge < -0.3 is 19.3 Å². The van der Waals surface area contributed by atoms with Gasteiger partial charge in [-0.25, -0.2) is 0 Å². The van der Waals surface area contributed by atoms with Gasteiger partial charge in [-0.1, -0.05) is 0 Å². The largest absolute Gasteiger partial charge is 0.360 e. The molecule has 1 rings (SSSR count). The van der Waals surface area contributed by atoms with Crippen molar-refractivity contribution in [1.29, 1.82) is 0 Å². The molecule has 1 aliphatic rings. The number of likely N-dealkylation sites (N-methyl/N-ethyl adjacent to an activating group) is 1. The fourth-order valence-corrected chi connectivity index (χ4v) is 3.04. The number of methoxy groups -OCH3 is 2. The van der Waals surface area contributed by atoms with Crippen molar-refractivity contribution in [2.75, 3.05) is 73.8 Å². The van der Waals surface area contributed by atoms with Crippen molar-refractivity contribution >= 4 is 9.52 Å². The summed E-state index contributed by atoms with van der Waals surface area (Å²) in [6.07, 6.45) is 1.09. The van der Waals surface area contributed by atoms with E-state index in [2.05, 4.69) is 28.8 Å². The van der Waals surface area contributed by atoms with Crippen LogP contribution in [0.3, 0.4) is 0 Å². The van der Waals surface area contributed by atoms with E-state index in [9.17, 15) is 0 Å². The van der Waals surface area contributed by atoms with Crippen LogP contribution in [0.5, 0.6) is 0 Å². The van der Waals surface area contributed by atoms with Crippen molar-refractivity contribution in [3.05, 3.63) is 0 Å². The topological polar surface area (TPSA) is 28.2 Å². The van der Waals surface area contributed by atoms with E-state index in [0.717, 1.165) is 12.7 Å². The molecule has 0 aliphatic carbocycles. The van der Waals surface area contributed by atoms with Crippen LogP contribution in [0.4, 0.5) is 0 Å². The molecule has 2 radical (unpaired) electrons. The Kier molecular flexibility index (Phi) is 8.04. The van der Waals surface area contributed by atoms with Gasteiger partial charge in [-0.2, -0.15) is 0 Å². The fraction of sp³-hybridized carbons (Fsp3) is 1.00. The Morgan fingerprint density at radius 2 is 1.61 bits per heavy atom. The van der Waals surface area contributed by atoms with Crippen LogP contribution in [0.2, 0.25) is 0 Å². The van der Waals surface area contributed by atoms with Gasteiger partial charge in [0.1, 0.15) is 15.4 Å². The Morgan fingerprint density at radius 3 is 2.11 bits per heavy atom. The molecule has 1 heterocycles. The third-order valence-electron chi connectivity index (χ3n) is 3.24. The quantitative estimate of drug-likeness (QED) is 0.435. The van der Waals surface area contributed by atoms with E-state index in [1.54, 1.807) is 14.2 Å². The van der Waals surface area contributed by atoms with Crippen LogP contribution in [0.15, 0.2) is 0 Å². The first kappa shape index (κ1) is 16.1. The first-order chi connectivity index (χ1) is 8.65. The molecule has 1 saturated heterocycles. The van der Waals surface area contributed by atoms with Gasteiger partial charge in [-0.3, -0.25) is 4.90 Å². The van der Waals surface area contributed by atoms with Crippen molar-refractivity contribution in [3.8, 4) is 0 Å². The van der Waals surface area contributed by atoms with E-state index in [1.165, 1.54) is 32.7 Å². The van der Waals surface area contributed by atoms with Crippen molar-refractivity contribution in [3.63, 3.8) is 0 Å². The molecule has 0 aromatic rings. The molecule has 0 spiro atoms. The summed E-state index contributed by atoms with van der Waals surface area (Å²) in [6, 6.07) is 0. The number of piperazine rings is 1. The van der Waals surface area contributed by atoms with Crippen LogP contribution in [0, 0.1) is 0 Å². The lowest BCUT2D eigenvalue weighted by Crippen LogP contribution is -2.49. The molecule has 18 heavy (non-hydrogen) atoms. The standard InChI is InChI=1S/C12H27N3O2Si/c1-13(2)5-6-14-7-9-15(10-8-14)11-18-12(16-3)17-4/h12H,5-11H2,1-4H3. The predicted molar refractivity (Wildman–Crippen MR) is 75.0 cm³/mol. The van der Waals surface area contributed by atoms with Crippen molar-refractivity contribution in [1.82, 2.24) is 14.7 Å². The third kappa shape index (κ3) is 6.26. The highest BCUT2D eigenvalue weighted by atomic mass is 28.2. The van der Waals surface area contributed by atoms with Crippen LogP contribution in [0.25, 0.3) is 0 Å². The van der Waals surface area contributed by atoms with Crippen LogP contribution < -0.4 is 0 Å². The lowest BCUT2D eigenvalue weighted by Gasteiger charge is -2.35. The Hall–Kier alpha value is 0.0169. The number of nitrogens with zero attached hydrogens (tertiary/aromatic N) is 3. The molecule has 0 aromatic heterocycles. The Morgan fingerprint density at radius 1 is 1.06 bits per heavy atom. The molecule has 0 aromatic carbocycles. The minimum atomic E-state index is -0.0308. The van der Waals surface area contributed by atoms with Crippen LogP contribution in [-0.4, -0.2) is 104 Å². The summed E-state index contributed by atoms with van der Waals surface area (Å²) < 4.78 is 10.4. The molecular formula is C12H27N3O2Si. The Bertz CT molecular complexity index is 207. The van der Waals surface area contributed by atoms with Crippen molar-refractivity contribution < 1.29 is 9.47 Å². The summed E-state index contributed by atoms with van der Waals surface area (Å²) in [5.41, 5.74) is 0. The predicted octanol–water partition coefficient (Wildman–Crippen LogP) is -0.596. The van der Waals surface area contributed by atoms with E-state index in [4.69, 9.17) is 9.47 Å². The zero-order valence-corrected chi connectivity index (χ0v) is 13.2. The Balaban J connectivity index is 2.11. The highest BCUT2D eigenvalue weighted by Crippen LogP contribution is 2.01. The molecular weight excluding hydrogens is 246 g/mol. The minimum Gasteiger partial charge on any atom is -0.360 e. The molecule has 5 nitrogen and oxygen atoms in total. The monoisotopic (exact) mass is 273 g/mol. The van der Waals surface area contributed by atoms with Gasteiger partial charge in [-0.15, -0.1) is 0 Å². The first-order valence-corrected chi connectivity index (χ1v) is 7.82. The number of ether oxygens (including phenoxy) is 2. The molecule has 0 amide bonds. The van der Waals surface area contributed by atoms with Gasteiger partial charge >= 0.3 is 0 Å². The molecule has 0 unspecified atom stereocenters. The molecule has 0 bridgehead atoms. The second-order valence-electron chi connectivity index (χ2n) is 4.93. The van der Waals surface area contributed by atoms with E-state index in [1.807, 2.05) is 0 Å². The van der Waals surface area contributed by atoms with Crippen LogP contribution in [0.1, 0.15) is 0 Å². The lowest BCUT2D eigenvalue weighted by molar-refractivity contribution is -0.0451. The summed E-state index contributed by atoms with van der Waals surface area (Å²) >= 11 is 0. The average Bonchev–Trinajstić information content (AvgIpc) is 2.39. The molecule has 0 atom stereocenters. The van der Waals surface area contributed by atoms with Crippen LogP contribution >= 0.6 is 0 Å². The SMILES string of the molecule is COC(OC)[Si]CN1CCN(CCN(C)C)CC1. The summed E-state index contributed by atoms with van der Waals surface area (Å²) in [7, 11) is 8.38. The second-order valence-corrected chi connectivity index (χ2v) is 6.12. The van der Waals surface area contributed by atoms with E-state index < -0.39 is 0 Å². The molecule has 1 aliphatic heterocycles. The highest BCUT2D eigenvalue weighted by Gasteiger charge is 2.18. The van der Waals surface area contributed by atoms with Crippen molar-refractivity contribution in [2.24, 2.45) is 0 Å². The summed E-state index contributed by atoms with van der Waals surface area (Å²) in [4.78, 5) is 7.30. The summed E-state index contributed by atoms with van der Waals surface area (Å²) in [5, 5.41) is 0. The molecule has 0 N–H and O–H groups in total. The first-order valence-electron chi connectivity index (χ1n) is 6.54. The molecule has 6 heteroatoms. The van der Waals surface area contributed by atoms with Gasteiger partial charge in [0.05, 0.1) is 0 Å². The normalized spacial score (nSPS) is 19.0. The number of hydrogen-bond donors (Lipinski definition) is 0. The van der Waals surface area contributed by atoms with Gasteiger partial charge in [-0.05, 0) is 20.3 Å². The molecule has 0 saturated carbocycles. The van der Waals surface area contributed by atoms with Gasteiger partial charge in [0.25, 0.3) is 0 Å². The summed E-state index contributed by atoms with van der Waals surface area (Å²) in [5.74, 6) is -0.0308. The van der Waals surface area contributed by atoms with E-state index in [-0.39, 0.29) is 5.91 Å². The van der Waals surface area contributed by atoms with Gasteiger partial charge in [0, 0.05) is 53.5 Å². The molecule has 1 fully saturated rings. The maximum Gasteiger partial charge on any atom is 0.137 e. The highest BCUT2D eigenvalue weighted by molar-refractivity contribution is 6.36. The minimum absolute atomic E-state index is 0.0308. The van der Waals surface area contributed by atoms with Gasteiger partial charge in [0.2, 0.25) is 0 Å². The third-order valence-corrected chi connectivity index (χ3v) is 4.67. The van der Waals surface area contributed by atoms with Gasteiger partial charge in [0.15, 0.2) is 0 Å². The average molecular weight is 273 g/mol. The Labute approximate surface area is 114 Å². The zero-order valence-electron chi connectivity index (χ0n) is 12.2. The maximum absolute atomic E-state index is 5.22. The summed E-state index contributed by atoms with van der Waals surface area (Å²) in [6.45, 7) is 7.03. The second kappa shape index (κ2) is 9.01. The number of hydrogen-bond acceptors (Lipinski definition) is 5. The fourth-order valence-electron chi connectivity index (χ4n) is 1.98. The molecule has 106 valence electrons. The van der Waals surface area contributed by atoms with E-state index in [0.29, 0.717) is 9.52 Å². The zero-order chi connectivity index (χ0) is 13.4. The number of rotatable bonds is 8. The van der Waals surface area contributed by atoms with Crippen molar-refractivity contribution in [2.45, 2.75) is 5.91 Å². The maximum atomic E-state index is 5.22. The smallest absolute Gasteiger partial charge is 0.137 e. The lowest BCUT2D eigenvalue weighted by atomic mass is 10.3.